The van der Waals surface area contributed by atoms with Crippen LogP contribution in [0.25, 0.3) is 16.9 Å². The van der Waals surface area contributed by atoms with E-state index in [-0.39, 0.29) is 5.91 Å². The van der Waals surface area contributed by atoms with Crippen molar-refractivity contribution in [2.24, 2.45) is 0 Å². The van der Waals surface area contributed by atoms with Crippen molar-refractivity contribution in [3.05, 3.63) is 78.0 Å². The highest BCUT2D eigenvalue weighted by Crippen LogP contribution is 2.29. The summed E-state index contributed by atoms with van der Waals surface area (Å²) in [5, 5.41) is 8.27. The molecule has 6 nitrogen and oxygen atoms in total. The van der Waals surface area contributed by atoms with Gasteiger partial charge in [0.15, 0.2) is 5.65 Å². The van der Waals surface area contributed by atoms with Crippen molar-refractivity contribution < 1.29 is 4.79 Å². The van der Waals surface area contributed by atoms with Gasteiger partial charge in [0.25, 0.3) is 5.91 Å². The zero-order valence-electron chi connectivity index (χ0n) is 13.9. The van der Waals surface area contributed by atoms with Gasteiger partial charge < -0.3 is 4.90 Å². The average Bonchev–Trinajstić information content (AvgIpc) is 3.32. The molecular formula is C20H15N5O. The van der Waals surface area contributed by atoms with Crippen LogP contribution in [-0.2, 0) is 6.42 Å². The summed E-state index contributed by atoms with van der Waals surface area (Å²) in [7, 11) is 0. The van der Waals surface area contributed by atoms with Gasteiger partial charge in [0.2, 0.25) is 0 Å². The molecule has 0 radical (unpaired) electrons. The Hall–Kier alpha value is -3.54. The third-order valence-corrected chi connectivity index (χ3v) is 4.70. The van der Waals surface area contributed by atoms with E-state index in [2.05, 4.69) is 21.4 Å². The third-order valence-electron chi connectivity index (χ3n) is 4.70. The molecule has 6 heteroatoms. The summed E-state index contributed by atoms with van der Waals surface area (Å²) in [6, 6.07) is 19.2. The molecule has 5 rings (SSSR count). The lowest BCUT2D eigenvalue weighted by molar-refractivity contribution is 0.0989. The maximum absolute atomic E-state index is 12.9. The number of pyridine rings is 1. The minimum absolute atomic E-state index is 0.0167. The lowest BCUT2D eigenvalue weighted by Gasteiger charge is -2.17. The smallest absolute Gasteiger partial charge is 0.258 e. The molecule has 26 heavy (non-hydrogen) atoms. The van der Waals surface area contributed by atoms with Crippen LogP contribution >= 0.6 is 0 Å². The van der Waals surface area contributed by atoms with E-state index in [9.17, 15) is 4.79 Å². The van der Waals surface area contributed by atoms with Crippen LogP contribution < -0.4 is 4.90 Å². The SMILES string of the molecule is O=C(c1ccc(-n2nnc3cccnc32)cc1)N1CCc2ccccc21. The van der Waals surface area contributed by atoms with Gasteiger partial charge in [-0.15, -0.1) is 5.10 Å². The normalized spacial score (nSPS) is 13.2. The van der Waals surface area contributed by atoms with E-state index in [1.54, 1.807) is 10.9 Å². The highest BCUT2D eigenvalue weighted by molar-refractivity contribution is 6.07. The second kappa shape index (κ2) is 5.77. The number of nitrogens with zero attached hydrogens (tertiary/aromatic N) is 5. The fourth-order valence-corrected chi connectivity index (χ4v) is 3.39. The van der Waals surface area contributed by atoms with Gasteiger partial charge in [-0.05, 0) is 54.4 Å². The number of amides is 1. The predicted octanol–water partition coefficient (Wildman–Crippen LogP) is 3.02. The Morgan fingerprint density at radius 3 is 2.69 bits per heavy atom. The number of aromatic nitrogens is 4. The second-order valence-corrected chi connectivity index (χ2v) is 6.23. The predicted molar refractivity (Wildman–Crippen MR) is 98.5 cm³/mol. The van der Waals surface area contributed by atoms with Crippen LogP contribution in [0, 0.1) is 0 Å². The van der Waals surface area contributed by atoms with Crippen molar-refractivity contribution in [2.75, 3.05) is 11.4 Å². The fourth-order valence-electron chi connectivity index (χ4n) is 3.39. The molecule has 4 aromatic rings. The molecule has 1 aliphatic rings. The van der Waals surface area contributed by atoms with Crippen LogP contribution in [0.1, 0.15) is 15.9 Å². The Labute approximate surface area is 149 Å². The maximum Gasteiger partial charge on any atom is 0.258 e. The number of rotatable bonds is 2. The Kier molecular flexibility index (Phi) is 3.28. The summed E-state index contributed by atoms with van der Waals surface area (Å²) < 4.78 is 1.68. The van der Waals surface area contributed by atoms with Crippen molar-refractivity contribution in [1.82, 2.24) is 20.0 Å². The molecule has 0 N–H and O–H groups in total. The van der Waals surface area contributed by atoms with Gasteiger partial charge >= 0.3 is 0 Å². The molecule has 0 aliphatic carbocycles. The lowest BCUT2D eigenvalue weighted by atomic mass is 10.1. The van der Waals surface area contributed by atoms with Gasteiger partial charge in [-0.1, -0.05) is 23.4 Å². The first-order valence-electron chi connectivity index (χ1n) is 8.48. The van der Waals surface area contributed by atoms with Crippen molar-refractivity contribution in [2.45, 2.75) is 6.42 Å². The molecule has 1 aliphatic heterocycles. The number of carbonyl (C=O) groups excluding carboxylic acids is 1. The summed E-state index contributed by atoms with van der Waals surface area (Å²) in [4.78, 5) is 19.1. The summed E-state index contributed by atoms with van der Waals surface area (Å²) in [6.45, 7) is 0.720. The van der Waals surface area contributed by atoms with Crippen LogP contribution in [0.2, 0.25) is 0 Å². The first kappa shape index (κ1) is 14.8. The quantitative estimate of drug-likeness (QED) is 0.562. The van der Waals surface area contributed by atoms with Crippen LogP contribution in [-0.4, -0.2) is 32.4 Å². The van der Waals surface area contributed by atoms with Crippen LogP contribution in [0.5, 0.6) is 0 Å². The van der Waals surface area contributed by atoms with E-state index < -0.39 is 0 Å². The molecular weight excluding hydrogens is 326 g/mol. The lowest BCUT2D eigenvalue weighted by Crippen LogP contribution is -2.28. The summed E-state index contributed by atoms with van der Waals surface area (Å²) >= 11 is 0. The van der Waals surface area contributed by atoms with Gasteiger partial charge in [0, 0.05) is 24.0 Å². The number of benzene rings is 2. The van der Waals surface area contributed by atoms with Gasteiger partial charge in [-0.25, -0.2) is 4.98 Å². The van der Waals surface area contributed by atoms with E-state index in [0.717, 1.165) is 29.9 Å². The zero-order valence-corrected chi connectivity index (χ0v) is 13.9. The number of hydrogen-bond acceptors (Lipinski definition) is 4. The Bertz CT molecular complexity index is 1120. The number of fused-ring (bicyclic) bond motifs is 2. The molecule has 3 heterocycles. The first-order chi connectivity index (χ1) is 12.8. The summed E-state index contributed by atoms with van der Waals surface area (Å²) in [5.41, 5.74) is 5.14. The zero-order chi connectivity index (χ0) is 17.5. The van der Waals surface area contributed by atoms with Gasteiger partial charge in [-0.3, -0.25) is 4.79 Å². The summed E-state index contributed by atoms with van der Waals surface area (Å²) in [5.74, 6) is 0.0167. The molecule has 2 aromatic heterocycles. The molecule has 0 fully saturated rings. The first-order valence-corrected chi connectivity index (χ1v) is 8.48. The average molecular weight is 341 g/mol. The molecule has 1 amide bonds. The number of para-hydroxylation sites is 1. The monoisotopic (exact) mass is 341 g/mol. The fraction of sp³-hybridized carbons (Fsp3) is 0.100. The second-order valence-electron chi connectivity index (χ2n) is 6.23. The van der Waals surface area contributed by atoms with E-state index in [0.29, 0.717) is 11.2 Å². The topological polar surface area (TPSA) is 63.9 Å². The van der Waals surface area contributed by atoms with E-state index in [1.807, 2.05) is 59.5 Å². The molecule has 0 unspecified atom stereocenters. The Balaban J connectivity index is 1.46. The minimum Gasteiger partial charge on any atom is -0.308 e. The third kappa shape index (κ3) is 2.27. The van der Waals surface area contributed by atoms with Crippen LogP contribution in [0.15, 0.2) is 66.9 Å². The van der Waals surface area contributed by atoms with E-state index >= 15 is 0 Å². The van der Waals surface area contributed by atoms with Gasteiger partial charge in [-0.2, -0.15) is 4.68 Å². The van der Waals surface area contributed by atoms with Gasteiger partial charge in [0.05, 0.1) is 5.69 Å². The molecule has 0 atom stereocenters. The Morgan fingerprint density at radius 2 is 1.81 bits per heavy atom. The van der Waals surface area contributed by atoms with Crippen molar-refractivity contribution >= 4 is 22.8 Å². The molecule has 0 bridgehead atoms. The highest BCUT2D eigenvalue weighted by atomic mass is 16.2. The largest absolute Gasteiger partial charge is 0.308 e. The molecule has 126 valence electrons. The number of carbonyl (C=O) groups is 1. The molecule has 2 aromatic carbocycles. The van der Waals surface area contributed by atoms with Crippen LogP contribution in [0.3, 0.4) is 0 Å². The van der Waals surface area contributed by atoms with Crippen LogP contribution in [0.4, 0.5) is 5.69 Å². The summed E-state index contributed by atoms with van der Waals surface area (Å²) in [6.07, 6.45) is 2.61. The maximum atomic E-state index is 12.9. The van der Waals surface area contributed by atoms with Gasteiger partial charge in [0.1, 0.15) is 5.52 Å². The molecule has 0 spiro atoms. The molecule has 0 saturated carbocycles. The Morgan fingerprint density at radius 1 is 0.962 bits per heavy atom. The van der Waals surface area contributed by atoms with E-state index in [4.69, 9.17) is 0 Å². The van der Waals surface area contributed by atoms with Crippen molar-refractivity contribution in [3.8, 4) is 5.69 Å². The van der Waals surface area contributed by atoms with Crippen molar-refractivity contribution in [3.63, 3.8) is 0 Å². The molecule has 0 saturated heterocycles. The number of anilines is 1. The minimum atomic E-state index is 0.0167. The van der Waals surface area contributed by atoms with E-state index in [1.165, 1.54) is 5.56 Å². The number of hydrogen-bond donors (Lipinski definition) is 0. The highest BCUT2D eigenvalue weighted by Gasteiger charge is 2.25. The van der Waals surface area contributed by atoms with Crippen molar-refractivity contribution in [1.29, 1.82) is 0 Å². The standard InChI is InChI=1S/C20H15N5O/c26-20(24-13-11-14-4-1-2-6-18(14)24)15-7-9-16(10-8-15)25-19-17(22-23-25)5-3-12-21-19/h1-10,12H,11,13H2.